The Hall–Kier alpha value is -2.29. The third-order valence-corrected chi connectivity index (χ3v) is 6.13. The molecule has 0 saturated carbocycles. The molecule has 0 unspecified atom stereocenters. The lowest BCUT2D eigenvalue weighted by atomic mass is 10.0. The fourth-order valence-electron chi connectivity index (χ4n) is 3.51. The van der Waals surface area contributed by atoms with Crippen LogP contribution in [0.25, 0.3) is 10.1 Å². The van der Waals surface area contributed by atoms with Crippen molar-refractivity contribution < 1.29 is 23.1 Å². The number of aliphatic carboxylic acids is 1. The van der Waals surface area contributed by atoms with Crippen LogP contribution >= 0.6 is 22.9 Å². The Kier molecular flexibility index (Phi) is 7.80. The quantitative estimate of drug-likeness (QED) is 0.495. The number of rotatable bonds is 4. The van der Waals surface area contributed by atoms with Crippen LogP contribution in [0, 0.1) is 0 Å². The van der Waals surface area contributed by atoms with Crippen molar-refractivity contribution in [1.82, 2.24) is 5.32 Å². The lowest BCUT2D eigenvalue weighted by molar-refractivity contribution is -0.192. The molecule has 1 aromatic heterocycles. The molecule has 9 heteroatoms. The molecule has 2 N–H and O–H groups in total. The number of nitrogens with zero attached hydrogens (tertiary/aromatic N) is 1. The number of hydrogen-bond donors (Lipinski definition) is 2. The summed E-state index contributed by atoms with van der Waals surface area (Å²) in [5.74, 6) is -2.76. The first-order valence-electron chi connectivity index (χ1n) is 9.73. The molecule has 4 nitrogen and oxygen atoms in total. The molecule has 2 heterocycles. The molecular weight excluding hydrogens is 449 g/mol. The van der Waals surface area contributed by atoms with E-state index in [9.17, 15) is 13.2 Å². The van der Waals surface area contributed by atoms with Gasteiger partial charge in [-0.05, 0) is 78.7 Å². The maximum absolute atomic E-state index is 10.6. The van der Waals surface area contributed by atoms with E-state index in [1.807, 2.05) is 12.1 Å². The van der Waals surface area contributed by atoms with E-state index in [1.54, 1.807) is 11.3 Å². The molecular formula is C22H22ClF3N2O2S. The van der Waals surface area contributed by atoms with E-state index in [0.29, 0.717) is 6.04 Å². The Balaban J connectivity index is 0.000000339. The second kappa shape index (κ2) is 10.3. The van der Waals surface area contributed by atoms with E-state index >= 15 is 0 Å². The largest absolute Gasteiger partial charge is 0.490 e. The molecule has 1 aliphatic rings. The molecule has 2 aromatic carbocycles. The number of thiophene rings is 1. The van der Waals surface area contributed by atoms with E-state index in [-0.39, 0.29) is 0 Å². The van der Waals surface area contributed by atoms with Gasteiger partial charge in [0.2, 0.25) is 0 Å². The highest BCUT2D eigenvalue weighted by Gasteiger charge is 2.38. The standard InChI is InChI=1S/C20H21ClN2S.C2HF3O2/c21-17-3-1-2-15(12-17)14-23(18-6-9-22-10-7-18)19-4-5-20-16(13-19)8-11-24-20;3-2(4,5)1(6)7/h1-5,8,11-13,18,22H,6-7,9-10,14H2;(H,6,7). The Bertz CT molecular complexity index is 1020. The molecule has 0 spiro atoms. The highest BCUT2D eigenvalue weighted by molar-refractivity contribution is 7.17. The zero-order chi connectivity index (χ0) is 22.4. The molecule has 0 amide bonds. The SMILES string of the molecule is Clc1cccc(CN(c2ccc3sccc3c2)C2CCNCC2)c1.O=C(O)C(F)(F)F. The third kappa shape index (κ3) is 6.59. The van der Waals surface area contributed by atoms with Gasteiger partial charge >= 0.3 is 12.1 Å². The molecule has 0 aliphatic carbocycles. The molecule has 166 valence electrons. The third-order valence-electron chi connectivity index (χ3n) is 5.00. The molecule has 0 bridgehead atoms. The normalized spacial score (nSPS) is 14.7. The average molecular weight is 471 g/mol. The number of alkyl halides is 3. The molecule has 4 rings (SSSR count). The van der Waals surface area contributed by atoms with Crippen molar-refractivity contribution in [2.75, 3.05) is 18.0 Å². The first kappa shape index (κ1) is 23.4. The van der Waals surface area contributed by atoms with E-state index in [2.05, 4.69) is 52.0 Å². The molecule has 31 heavy (non-hydrogen) atoms. The second-order valence-electron chi connectivity index (χ2n) is 7.18. The molecule has 0 radical (unpaired) electrons. The molecule has 0 atom stereocenters. The van der Waals surface area contributed by atoms with Crippen molar-refractivity contribution in [3.8, 4) is 0 Å². The van der Waals surface area contributed by atoms with Gasteiger partial charge in [-0.25, -0.2) is 4.79 Å². The minimum Gasteiger partial charge on any atom is -0.475 e. The number of piperidine rings is 1. The summed E-state index contributed by atoms with van der Waals surface area (Å²) in [6, 6.07) is 17.9. The van der Waals surface area contributed by atoms with E-state index in [0.717, 1.165) is 24.7 Å². The minimum absolute atomic E-state index is 0.571. The summed E-state index contributed by atoms with van der Waals surface area (Å²) in [4.78, 5) is 11.5. The van der Waals surface area contributed by atoms with Crippen molar-refractivity contribution in [3.05, 3.63) is 64.5 Å². The van der Waals surface area contributed by atoms with Crippen LogP contribution in [0.2, 0.25) is 5.02 Å². The van der Waals surface area contributed by atoms with E-state index in [4.69, 9.17) is 21.5 Å². The van der Waals surface area contributed by atoms with Gasteiger partial charge in [0, 0.05) is 28.0 Å². The van der Waals surface area contributed by atoms with Crippen LogP contribution in [-0.4, -0.2) is 36.4 Å². The lowest BCUT2D eigenvalue weighted by Crippen LogP contribution is -2.43. The van der Waals surface area contributed by atoms with Gasteiger partial charge in [0.1, 0.15) is 0 Å². The Labute approximate surface area is 187 Å². The Morgan fingerprint density at radius 3 is 2.52 bits per heavy atom. The predicted octanol–water partition coefficient (Wildman–Crippen LogP) is 5.95. The number of carboxylic acids is 1. The Morgan fingerprint density at radius 2 is 1.87 bits per heavy atom. The first-order chi connectivity index (χ1) is 14.7. The number of halogens is 4. The molecule has 3 aromatic rings. The van der Waals surface area contributed by atoms with Gasteiger partial charge in [0.15, 0.2) is 0 Å². The smallest absolute Gasteiger partial charge is 0.475 e. The van der Waals surface area contributed by atoms with Crippen molar-refractivity contribution in [1.29, 1.82) is 0 Å². The monoisotopic (exact) mass is 470 g/mol. The van der Waals surface area contributed by atoms with Gasteiger partial charge in [-0.3, -0.25) is 0 Å². The predicted molar refractivity (Wildman–Crippen MR) is 119 cm³/mol. The highest BCUT2D eigenvalue weighted by Crippen LogP contribution is 2.30. The van der Waals surface area contributed by atoms with Gasteiger partial charge in [0.25, 0.3) is 0 Å². The van der Waals surface area contributed by atoms with Crippen LogP contribution in [0.15, 0.2) is 53.9 Å². The van der Waals surface area contributed by atoms with Crippen LogP contribution in [0.3, 0.4) is 0 Å². The van der Waals surface area contributed by atoms with Crippen LogP contribution < -0.4 is 10.2 Å². The molecule has 1 saturated heterocycles. The van der Waals surface area contributed by atoms with Gasteiger partial charge in [0.05, 0.1) is 0 Å². The minimum atomic E-state index is -5.08. The number of fused-ring (bicyclic) bond motifs is 1. The lowest BCUT2D eigenvalue weighted by Gasteiger charge is -2.36. The van der Waals surface area contributed by atoms with Crippen molar-refractivity contribution >= 4 is 44.7 Å². The van der Waals surface area contributed by atoms with Crippen molar-refractivity contribution in [2.24, 2.45) is 0 Å². The van der Waals surface area contributed by atoms with Gasteiger partial charge in [-0.15, -0.1) is 11.3 Å². The first-order valence-corrected chi connectivity index (χ1v) is 11.0. The zero-order valence-electron chi connectivity index (χ0n) is 16.5. The summed E-state index contributed by atoms with van der Waals surface area (Å²) in [6.45, 7) is 3.09. The fraction of sp³-hybridized carbons (Fsp3) is 0.318. The summed E-state index contributed by atoms with van der Waals surface area (Å²) in [6.07, 6.45) is -2.72. The summed E-state index contributed by atoms with van der Waals surface area (Å²) in [5, 5.41) is 14.9. The summed E-state index contributed by atoms with van der Waals surface area (Å²) >= 11 is 8.00. The maximum Gasteiger partial charge on any atom is 0.490 e. The Morgan fingerprint density at radius 1 is 1.16 bits per heavy atom. The van der Waals surface area contributed by atoms with Crippen LogP contribution in [0.1, 0.15) is 18.4 Å². The van der Waals surface area contributed by atoms with Crippen molar-refractivity contribution in [2.45, 2.75) is 31.6 Å². The zero-order valence-corrected chi connectivity index (χ0v) is 18.1. The van der Waals surface area contributed by atoms with Gasteiger partial charge < -0.3 is 15.3 Å². The summed E-state index contributed by atoms with van der Waals surface area (Å²) in [7, 11) is 0. The molecule has 1 aliphatic heterocycles. The van der Waals surface area contributed by atoms with Gasteiger partial charge in [-0.2, -0.15) is 13.2 Å². The number of hydrogen-bond acceptors (Lipinski definition) is 4. The summed E-state index contributed by atoms with van der Waals surface area (Å²) < 4.78 is 33.1. The highest BCUT2D eigenvalue weighted by atomic mass is 35.5. The maximum atomic E-state index is 10.6. The average Bonchev–Trinajstić information content (AvgIpc) is 3.20. The number of carbonyl (C=O) groups is 1. The van der Waals surface area contributed by atoms with E-state index in [1.165, 1.54) is 34.2 Å². The van der Waals surface area contributed by atoms with Crippen molar-refractivity contribution in [3.63, 3.8) is 0 Å². The van der Waals surface area contributed by atoms with E-state index < -0.39 is 12.1 Å². The second-order valence-corrected chi connectivity index (χ2v) is 8.57. The number of nitrogens with one attached hydrogen (secondary N) is 1. The number of carboxylic acid groups (broad SMARTS) is 1. The fourth-order valence-corrected chi connectivity index (χ4v) is 4.50. The van der Waals surface area contributed by atoms with Gasteiger partial charge in [-0.1, -0.05) is 23.7 Å². The van der Waals surface area contributed by atoms with Crippen LogP contribution in [-0.2, 0) is 11.3 Å². The number of benzene rings is 2. The summed E-state index contributed by atoms with van der Waals surface area (Å²) in [5.41, 5.74) is 2.58. The molecule has 1 fully saturated rings. The number of anilines is 1. The van der Waals surface area contributed by atoms with Crippen LogP contribution in [0.5, 0.6) is 0 Å². The van der Waals surface area contributed by atoms with Crippen LogP contribution in [0.4, 0.5) is 18.9 Å². The topological polar surface area (TPSA) is 52.6 Å².